The SMILES string of the molecule is CCCCN(C)c1cccc(Cl)c1CN. The van der Waals surface area contributed by atoms with Crippen LogP contribution in [0.15, 0.2) is 18.2 Å². The van der Waals surface area contributed by atoms with E-state index >= 15 is 0 Å². The van der Waals surface area contributed by atoms with Gasteiger partial charge in [0.1, 0.15) is 0 Å². The van der Waals surface area contributed by atoms with Crippen molar-refractivity contribution in [1.29, 1.82) is 0 Å². The van der Waals surface area contributed by atoms with Crippen molar-refractivity contribution >= 4 is 17.3 Å². The maximum absolute atomic E-state index is 6.10. The number of hydrogen-bond donors (Lipinski definition) is 1. The average molecular weight is 227 g/mol. The van der Waals surface area contributed by atoms with Crippen LogP contribution in [-0.2, 0) is 6.54 Å². The summed E-state index contributed by atoms with van der Waals surface area (Å²) in [5, 5.41) is 0.762. The van der Waals surface area contributed by atoms with Gasteiger partial charge in [-0.3, -0.25) is 0 Å². The van der Waals surface area contributed by atoms with Gasteiger partial charge in [0.05, 0.1) is 0 Å². The van der Waals surface area contributed by atoms with Crippen LogP contribution in [0.3, 0.4) is 0 Å². The smallest absolute Gasteiger partial charge is 0.0471 e. The summed E-state index contributed by atoms with van der Waals surface area (Å²) in [5.74, 6) is 0. The molecule has 1 rings (SSSR count). The van der Waals surface area contributed by atoms with Gasteiger partial charge in [-0.05, 0) is 18.6 Å². The van der Waals surface area contributed by atoms with Gasteiger partial charge in [-0.25, -0.2) is 0 Å². The van der Waals surface area contributed by atoms with E-state index in [-0.39, 0.29) is 0 Å². The molecule has 0 bridgehead atoms. The lowest BCUT2D eigenvalue weighted by molar-refractivity contribution is 0.763. The predicted molar refractivity (Wildman–Crippen MR) is 67.5 cm³/mol. The van der Waals surface area contributed by atoms with Gasteiger partial charge in [-0.2, -0.15) is 0 Å². The molecule has 2 nitrogen and oxygen atoms in total. The van der Waals surface area contributed by atoms with E-state index in [0.29, 0.717) is 6.54 Å². The summed E-state index contributed by atoms with van der Waals surface area (Å²) in [6.45, 7) is 3.73. The van der Waals surface area contributed by atoms with E-state index in [9.17, 15) is 0 Å². The van der Waals surface area contributed by atoms with Crippen molar-refractivity contribution in [3.63, 3.8) is 0 Å². The van der Waals surface area contributed by atoms with Crippen molar-refractivity contribution in [2.45, 2.75) is 26.3 Å². The summed E-state index contributed by atoms with van der Waals surface area (Å²) < 4.78 is 0. The van der Waals surface area contributed by atoms with Crippen molar-refractivity contribution in [3.05, 3.63) is 28.8 Å². The van der Waals surface area contributed by atoms with E-state index in [4.69, 9.17) is 17.3 Å². The molecule has 2 N–H and O–H groups in total. The fourth-order valence-corrected chi connectivity index (χ4v) is 1.87. The number of unbranched alkanes of at least 4 members (excludes halogenated alkanes) is 1. The lowest BCUT2D eigenvalue weighted by atomic mass is 10.1. The molecule has 0 spiro atoms. The lowest BCUT2D eigenvalue weighted by Crippen LogP contribution is -2.20. The first-order valence-electron chi connectivity index (χ1n) is 5.39. The van der Waals surface area contributed by atoms with Gasteiger partial charge >= 0.3 is 0 Å². The van der Waals surface area contributed by atoms with Crippen molar-refractivity contribution in [2.24, 2.45) is 5.73 Å². The molecule has 0 atom stereocenters. The third-order valence-corrected chi connectivity index (χ3v) is 2.91. The van der Waals surface area contributed by atoms with E-state index in [1.54, 1.807) is 0 Å². The minimum absolute atomic E-state index is 0.492. The van der Waals surface area contributed by atoms with E-state index in [1.807, 2.05) is 12.1 Å². The number of hydrogen-bond acceptors (Lipinski definition) is 2. The molecule has 1 aromatic rings. The Balaban J connectivity index is 2.87. The summed E-state index contributed by atoms with van der Waals surface area (Å²) in [6.07, 6.45) is 2.38. The van der Waals surface area contributed by atoms with Crippen LogP contribution < -0.4 is 10.6 Å². The van der Waals surface area contributed by atoms with E-state index < -0.39 is 0 Å². The number of halogens is 1. The Bertz CT molecular complexity index is 312. The molecule has 15 heavy (non-hydrogen) atoms. The van der Waals surface area contributed by atoms with Crippen LogP contribution in [0.25, 0.3) is 0 Å². The first kappa shape index (κ1) is 12.3. The maximum atomic E-state index is 6.10. The molecule has 0 radical (unpaired) electrons. The first-order valence-corrected chi connectivity index (χ1v) is 5.77. The van der Waals surface area contributed by atoms with Crippen LogP contribution in [0.5, 0.6) is 0 Å². The summed E-state index contributed by atoms with van der Waals surface area (Å²) in [4.78, 5) is 2.22. The Labute approximate surface area is 97.0 Å². The molecule has 84 valence electrons. The summed E-state index contributed by atoms with van der Waals surface area (Å²) in [7, 11) is 2.08. The van der Waals surface area contributed by atoms with E-state index in [2.05, 4.69) is 24.9 Å². The van der Waals surface area contributed by atoms with E-state index in [1.165, 1.54) is 12.8 Å². The van der Waals surface area contributed by atoms with Crippen molar-refractivity contribution in [2.75, 3.05) is 18.5 Å². The Morgan fingerprint density at radius 3 is 2.73 bits per heavy atom. The highest BCUT2D eigenvalue weighted by Gasteiger charge is 2.08. The number of nitrogens with two attached hydrogens (primary N) is 1. The largest absolute Gasteiger partial charge is 0.374 e. The van der Waals surface area contributed by atoms with Gasteiger partial charge in [0, 0.05) is 36.4 Å². The molecule has 0 aliphatic heterocycles. The molecule has 0 saturated heterocycles. The molecule has 0 unspecified atom stereocenters. The normalized spacial score (nSPS) is 10.4. The van der Waals surface area contributed by atoms with Crippen LogP contribution in [-0.4, -0.2) is 13.6 Å². The van der Waals surface area contributed by atoms with Crippen LogP contribution >= 0.6 is 11.6 Å². The Hall–Kier alpha value is -0.730. The standard InChI is InChI=1S/C12H19ClN2/c1-3-4-8-15(2)12-7-5-6-11(13)10(12)9-14/h5-7H,3-4,8-9,14H2,1-2H3. The Kier molecular flexibility index (Phi) is 4.92. The minimum atomic E-state index is 0.492. The van der Waals surface area contributed by atoms with Gasteiger partial charge in [0.15, 0.2) is 0 Å². The molecule has 0 heterocycles. The number of rotatable bonds is 5. The molecule has 3 heteroatoms. The third-order valence-electron chi connectivity index (χ3n) is 2.56. The quantitative estimate of drug-likeness (QED) is 0.836. The zero-order chi connectivity index (χ0) is 11.3. The van der Waals surface area contributed by atoms with Crippen LogP contribution in [0.2, 0.25) is 5.02 Å². The molecular formula is C12H19ClN2. The molecule has 0 amide bonds. The van der Waals surface area contributed by atoms with E-state index in [0.717, 1.165) is 22.8 Å². The monoisotopic (exact) mass is 226 g/mol. The Morgan fingerprint density at radius 2 is 2.13 bits per heavy atom. The second-order valence-corrected chi connectivity index (χ2v) is 4.12. The van der Waals surface area contributed by atoms with Gasteiger partial charge in [0.2, 0.25) is 0 Å². The van der Waals surface area contributed by atoms with Gasteiger partial charge < -0.3 is 10.6 Å². The predicted octanol–water partition coefficient (Wildman–Crippen LogP) is 3.04. The molecule has 0 saturated carbocycles. The number of nitrogens with zero attached hydrogens (tertiary/aromatic N) is 1. The average Bonchev–Trinajstić information content (AvgIpc) is 2.25. The topological polar surface area (TPSA) is 29.3 Å². The molecular weight excluding hydrogens is 208 g/mol. The van der Waals surface area contributed by atoms with Crippen molar-refractivity contribution in [1.82, 2.24) is 0 Å². The Morgan fingerprint density at radius 1 is 1.40 bits per heavy atom. The van der Waals surface area contributed by atoms with Gasteiger partial charge in [-0.15, -0.1) is 0 Å². The highest BCUT2D eigenvalue weighted by atomic mass is 35.5. The van der Waals surface area contributed by atoms with Crippen molar-refractivity contribution in [3.8, 4) is 0 Å². The first-order chi connectivity index (χ1) is 7.20. The molecule has 0 aromatic heterocycles. The van der Waals surface area contributed by atoms with Crippen LogP contribution in [0.4, 0.5) is 5.69 Å². The summed E-state index contributed by atoms with van der Waals surface area (Å²) >= 11 is 6.10. The zero-order valence-electron chi connectivity index (χ0n) is 9.46. The third kappa shape index (κ3) is 3.11. The highest BCUT2D eigenvalue weighted by Crippen LogP contribution is 2.26. The number of benzene rings is 1. The van der Waals surface area contributed by atoms with Crippen LogP contribution in [0, 0.1) is 0 Å². The van der Waals surface area contributed by atoms with Crippen molar-refractivity contribution < 1.29 is 0 Å². The fourth-order valence-electron chi connectivity index (χ4n) is 1.62. The molecule has 0 fully saturated rings. The highest BCUT2D eigenvalue weighted by molar-refractivity contribution is 6.31. The minimum Gasteiger partial charge on any atom is -0.374 e. The van der Waals surface area contributed by atoms with Gasteiger partial charge in [-0.1, -0.05) is 31.0 Å². The zero-order valence-corrected chi connectivity index (χ0v) is 10.2. The molecule has 0 aliphatic carbocycles. The van der Waals surface area contributed by atoms with Gasteiger partial charge in [0.25, 0.3) is 0 Å². The maximum Gasteiger partial charge on any atom is 0.0471 e. The summed E-state index contributed by atoms with van der Waals surface area (Å²) in [5.41, 5.74) is 7.90. The van der Waals surface area contributed by atoms with Crippen LogP contribution in [0.1, 0.15) is 25.3 Å². The second-order valence-electron chi connectivity index (χ2n) is 3.72. The molecule has 0 aliphatic rings. The molecule has 1 aromatic carbocycles. The summed E-state index contributed by atoms with van der Waals surface area (Å²) in [6, 6.07) is 5.93. The second kappa shape index (κ2) is 5.99. The lowest BCUT2D eigenvalue weighted by Gasteiger charge is -2.22. The number of anilines is 1. The fraction of sp³-hybridized carbons (Fsp3) is 0.500.